The van der Waals surface area contributed by atoms with Gasteiger partial charge in [-0.3, -0.25) is 19.2 Å². The molecule has 0 radical (unpaired) electrons. The largest absolute Gasteiger partial charge is 0.481 e. The maximum absolute atomic E-state index is 15.8. The van der Waals surface area contributed by atoms with E-state index in [0.717, 1.165) is 12.1 Å². The monoisotopic (exact) mass is 1250 g/mol. The van der Waals surface area contributed by atoms with Crippen molar-refractivity contribution in [2.75, 3.05) is 10.6 Å². The van der Waals surface area contributed by atoms with Gasteiger partial charge in [-0.05, 0) is 119 Å². The number of nitrogens with one attached hydrogen (secondary N) is 4. The lowest BCUT2D eigenvalue weighted by Gasteiger charge is -2.37. The SMILES string of the molecule is CC[C@@H](C(=O)O)c1ccc(NC(=O)[C@@H]2N[C@@H](CC(C)(C)C)[C@](C#N)(c3ccc(Cl)cc3F)[C@H]2c2cccc(Cl)c2F)cc1.CC[C@H](C(=O)O)c1ccc(NC(=O)[C@@H]2N[C@@H](CC(C)(C)C)[C@](C#N)(c3ccc(Cl)cc3F)[C@H]2c2cccc(Cl)c2F)cc1. The van der Waals surface area contributed by atoms with Crippen molar-refractivity contribution in [2.45, 2.75) is 140 Å². The molecule has 2 aliphatic rings. The van der Waals surface area contributed by atoms with Crippen molar-refractivity contribution in [1.82, 2.24) is 10.6 Å². The first-order valence-corrected chi connectivity index (χ1v) is 29.4. The molecule has 6 aromatic rings. The molecule has 0 aliphatic carbocycles. The molecule has 0 saturated carbocycles. The number of halogens is 8. The van der Waals surface area contributed by atoms with E-state index in [2.05, 4.69) is 33.4 Å². The number of hydrogen-bond donors (Lipinski definition) is 6. The van der Waals surface area contributed by atoms with Crippen LogP contribution >= 0.6 is 46.4 Å². The number of hydrogen-bond acceptors (Lipinski definition) is 8. The van der Waals surface area contributed by atoms with Gasteiger partial charge in [-0.2, -0.15) is 10.5 Å². The third kappa shape index (κ3) is 13.9. The quantitative estimate of drug-likeness (QED) is 0.0506. The fourth-order valence-electron chi connectivity index (χ4n) is 12.3. The second-order valence-electron chi connectivity index (χ2n) is 24.2. The lowest BCUT2D eigenvalue weighted by atomic mass is 9.62. The minimum atomic E-state index is -1.74. The van der Waals surface area contributed by atoms with E-state index < -0.39 is 106 Å². The average molecular weight is 1260 g/mol. The zero-order valence-corrected chi connectivity index (χ0v) is 51.5. The van der Waals surface area contributed by atoms with Crippen LogP contribution in [0.3, 0.4) is 0 Å². The molecule has 0 unspecified atom stereocenters. The summed E-state index contributed by atoms with van der Waals surface area (Å²) in [6.45, 7) is 15.3. The summed E-state index contributed by atoms with van der Waals surface area (Å²) in [5.74, 6) is -9.94. The van der Waals surface area contributed by atoms with Crippen molar-refractivity contribution in [2.24, 2.45) is 10.8 Å². The Kier molecular flexibility index (Phi) is 20.8. The van der Waals surface area contributed by atoms with Crippen molar-refractivity contribution in [3.05, 3.63) is 198 Å². The van der Waals surface area contributed by atoms with E-state index in [4.69, 9.17) is 46.4 Å². The Morgan fingerprint density at radius 2 is 0.895 bits per heavy atom. The lowest BCUT2D eigenvalue weighted by Crippen LogP contribution is -2.45. The van der Waals surface area contributed by atoms with Crippen LogP contribution in [0.25, 0.3) is 0 Å². The number of carbonyl (C=O) groups excluding carboxylic acids is 2. The van der Waals surface area contributed by atoms with E-state index in [1.165, 1.54) is 60.7 Å². The highest BCUT2D eigenvalue weighted by molar-refractivity contribution is 6.31. The predicted molar refractivity (Wildman–Crippen MR) is 327 cm³/mol. The molecule has 452 valence electrons. The molecule has 6 N–H and O–H groups in total. The van der Waals surface area contributed by atoms with Gasteiger partial charge in [0.2, 0.25) is 11.8 Å². The third-order valence-corrected chi connectivity index (χ3v) is 17.1. The molecule has 2 saturated heterocycles. The van der Waals surface area contributed by atoms with Crippen LogP contribution in [-0.4, -0.2) is 58.1 Å². The van der Waals surface area contributed by atoms with E-state index in [0.29, 0.717) is 48.2 Å². The number of rotatable bonds is 16. The maximum Gasteiger partial charge on any atom is 0.310 e. The van der Waals surface area contributed by atoms with Crippen molar-refractivity contribution in [1.29, 1.82) is 10.5 Å². The number of amides is 2. The van der Waals surface area contributed by atoms with E-state index in [1.807, 2.05) is 41.5 Å². The minimum absolute atomic E-state index is 0.00458. The van der Waals surface area contributed by atoms with Gasteiger partial charge in [0.25, 0.3) is 0 Å². The Morgan fingerprint density at radius 3 is 1.17 bits per heavy atom. The Hall–Kier alpha value is -7.02. The molecule has 2 aliphatic heterocycles. The molecule has 86 heavy (non-hydrogen) atoms. The number of nitrogens with zero attached hydrogens (tertiary/aromatic N) is 2. The summed E-state index contributed by atoms with van der Waals surface area (Å²) in [6, 6.07) is 30.2. The first-order chi connectivity index (χ1) is 40.5. The molecule has 0 aromatic heterocycles. The van der Waals surface area contributed by atoms with Crippen LogP contribution in [-0.2, 0) is 30.0 Å². The number of nitriles is 2. The fraction of sp³-hybridized carbons (Fsp3) is 0.364. The van der Waals surface area contributed by atoms with Gasteiger partial charge in [0, 0.05) is 56.5 Å². The maximum atomic E-state index is 15.8. The zero-order valence-electron chi connectivity index (χ0n) is 48.4. The van der Waals surface area contributed by atoms with Crippen LogP contribution in [0.4, 0.5) is 28.9 Å². The first-order valence-electron chi connectivity index (χ1n) is 27.9. The Morgan fingerprint density at radius 1 is 0.558 bits per heavy atom. The Balaban J connectivity index is 0.000000246. The van der Waals surface area contributed by atoms with E-state index >= 15 is 17.6 Å². The highest BCUT2D eigenvalue weighted by Gasteiger charge is 2.63. The summed E-state index contributed by atoms with van der Waals surface area (Å²) >= 11 is 24.5. The third-order valence-electron chi connectivity index (χ3n) is 16.0. The molecule has 10 atom stereocenters. The van der Waals surface area contributed by atoms with Gasteiger partial charge in [-0.25, -0.2) is 17.6 Å². The van der Waals surface area contributed by atoms with Crippen LogP contribution in [0.5, 0.6) is 0 Å². The summed E-state index contributed by atoms with van der Waals surface area (Å²) in [5.41, 5.74) is -2.34. The molecular weight excluding hydrogens is 1190 g/mol. The Bertz CT molecular complexity index is 3370. The summed E-state index contributed by atoms with van der Waals surface area (Å²) < 4.78 is 63.1. The zero-order chi connectivity index (χ0) is 63.4. The average Bonchev–Trinajstić information content (AvgIpc) is 1.54. The fourth-order valence-corrected chi connectivity index (χ4v) is 12.9. The second-order valence-corrected chi connectivity index (χ2v) is 25.9. The topological polar surface area (TPSA) is 204 Å². The Labute approximate surface area is 518 Å². The van der Waals surface area contributed by atoms with Crippen molar-refractivity contribution >= 4 is 81.5 Å². The number of aliphatic carboxylic acids is 2. The molecule has 8 rings (SSSR count). The molecule has 20 heteroatoms. The van der Waals surface area contributed by atoms with Crippen LogP contribution in [0.1, 0.15) is 138 Å². The predicted octanol–water partition coefficient (Wildman–Crippen LogP) is 15.6. The number of carboxylic acids is 2. The number of benzene rings is 6. The standard InChI is InChI=1S/2C33H33Cl2F2N3O3/c2*1-5-21(31(42)43)18-9-12-20(13-10-18)39-30(41)29-27(22-7-6-8-24(35)28(22)37)33(17-38,26(40-29)16-32(2,3)4)23-14-11-19(34)15-25(23)36/h2*6-15,21,26-27,29,40H,5,16H2,1-4H3,(H,39,41)(H,42,43)/t21-,26+,27+,29-,33+;21-,26-,27-,29+,33-/m10/s1. The molecule has 6 aromatic carbocycles. The van der Waals surface area contributed by atoms with Crippen LogP contribution in [0.2, 0.25) is 20.1 Å². The van der Waals surface area contributed by atoms with Crippen LogP contribution < -0.4 is 21.3 Å². The van der Waals surface area contributed by atoms with Crippen LogP contribution in [0, 0.1) is 56.8 Å². The van der Waals surface area contributed by atoms with Gasteiger partial charge in [0.05, 0.1) is 46.1 Å². The number of carboxylic acid groups (broad SMARTS) is 2. The minimum Gasteiger partial charge on any atom is -0.481 e. The summed E-state index contributed by atoms with van der Waals surface area (Å²) in [4.78, 5) is 51.2. The van der Waals surface area contributed by atoms with Gasteiger partial charge in [0.1, 0.15) is 34.1 Å². The van der Waals surface area contributed by atoms with Gasteiger partial charge in [-0.15, -0.1) is 0 Å². The van der Waals surface area contributed by atoms with Gasteiger partial charge < -0.3 is 31.5 Å². The van der Waals surface area contributed by atoms with Gasteiger partial charge in [-0.1, -0.05) is 162 Å². The molecule has 12 nitrogen and oxygen atoms in total. The van der Waals surface area contributed by atoms with Gasteiger partial charge in [0.15, 0.2) is 0 Å². The normalized spacial score (nSPS) is 22.5. The molecule has 2 heterocycles. The lowest BCUT2D eigenvalue weighted by molar-refractivity contribution is -0.139. The molecule has 2 amide bonds. The van der Waals surface area contributed by atoms with E-state index in [1.54, 1.807) is 62.4 Å². The number of carbonyl (C=O) groups is 4. The van der Waals surface area contributed by atoms with Crippen molar-refractivity contribution in [3.63, 3.8) is 0 Å². The molecule has 0 spiro atoms. The summed E-state index contributed by atoms with van der Waals surface area (Å²) in [5, 5.41) is 52.9. The smallest absolute Gasteiger partial charge is 0.310 e. The van der Waals surface area contributed by atoms with Gasteiger partial charge >= 0.3 is 11.9 Å². The van der Waals surface area contributed by atoms with E-state index in [9.17, 15) is 39.9 Å². The molecule has 2 fully saturated rings. The first kappa shape index (κ1) is 66.5. The highest BCUT2D eigenvalue weighted by atomic mass is 35.5. The summed E-state index contributed by atoms with van der Waals surface area (Å²) in [7, 11) is 0. The van der Waals surface area contributed by atoms with E-state index in [-0.39, 0.29) is 53.2 Å². The second kappa shape index (κ2) is 26.9. The molecular formula is C66H66Cl4F4N6O6. The highest BCUT2D eigenvalue weighted by Crippen LogP contribution is 2.55. The van der Waals surface area contributed by atoms with Crippen molar-refractivity contribution in [3.8, 4) is 12.1 Å². The summed E-state index contributed by atoms with van der Waals surface area (Å²) in [6.07, 6.45) is 1.47. The van der Waals surface area contributed by atoms with Crippen LogP contribution in [0.15, 0.2) is 121 Å². The molecule has 0 bridgehead atoms. The number of anilines is 2. The van der Waals surface area contributed by atoms with Crippen molar-refractivity contribution < 1.29 is 47.0 Å².